The Morgan fingerprint density at radius 3 is 2.84 bits per heavy atom. The van der Waals surface area contributed by atoms with Crippen molar-refractivity contribution in [3.05, 3.63) is 76.4 Å². The third kappa shape index (κ3) is 2.85. The van der Waals surface area contributed by atoms with Gasteiger partial charge in [-0.1, -0.05) is 18.2 Å². The van der Waals surface area contributed by atoms with Crippen molar-refractivity contribution >= 4 is 23.0 Å². The van der Waals surface area contributed by atoms with Gasteiger partial charge < -0.3 is 9.15 Å². The number of hydrazone groups is 1. The summed E-state index contributed by atoms with van der Waals surface area (Å²) >= 11 is 1.62. The second kappa shape index (κ2) is 6.57. The molecule has 0 saturated heterocycles. The normalized spacial score (nSPS) is 16.8. The number of benzene rings is 1. The van der Waals surface area contributed by atoms with E-state index in [0.29, 0.717) is 23.5 Å². The molecule has 6 heteroatoms. The van der Waals surface area contributed by atoms with E-state index in [2.05, 4.69) is 5.10 Å². The van der Waals surface area contributed by atoms with Crippen molar-refractivity contribution in [2.24, 2.45) is 5.10 Å². The lowest BCUT2D eigenvalue weighted by Gasteiger charge is -2.21. The minimum atomic E-state index is -0.183. The van der Waals surface area contributed by atoms with Crippen molar-refractivity contribution < 1.29 is 13.9 Å². The van der Waals surface area contributed by atoms with Crippen molar-refractivity contribution in [1.29, 1.82) is 0 Å². The molecule has 1 aliphatic heterocycles. The van der Waals surface area contributed by atoms with Crippen LogP contribution >= 0.6 is 11.3 Å². The van der Waals surface area contributed by atoms with Crippen molar-refractivity contribution in [3.8, 4) is 5.75 Å². The molecule has 4 rings (SSSR count). The number of thiophene rings is 1. The Hall–Kier alpha value is -2.86. The third-order valence-corrected chi connectivity index (χ3v) is 5.11. The summed E-state index contributed by atoms with van der Waals surface area (Å²) in [6.07, 6.45) is 2.23. The molecule has 1 unspecified atom stereocenters. The Morgan fingerprint density at radius 2 is 2.12 bits per heavy atom. The fourth-order valence-electron chi connectivity index (χ4n) is 2.94. The van der Waals surface area contributed by atoms with Crippen LogP contribution in [0, 0.1) is 0 Å². The third-order valence-electron chi connectivity index (χ3n) is 4.13. The van der Waals surface area contributed by atoms with Gasteiger partial charge >= 0.3 is 0 Å². The lowest BCUT2D eigenvalue weighted by atomic mass is 10.1. The highest BCUT2D eigenvalue weighted by Crippen LogP contribution is 2.37. The molecule has 1 aromatic carbocycles. The second-order valence-corrected chi connectivity index (χ2v) is 6.59. The minimum absolute atomic E-state index is 0.141. The van der Waals surface area contributed by atoms with Crippen LogP contribution in [0.5, 0.6) is 5.75 Å². The second-order valence-electron chi connectivity index (χ2n) is 5.61. The van der Waals surface area contributed by atoms with Crippen molar-refractivity contribution in [2.45, 2.75) is 12.5 Å². The van der Waals surface area contributed by atoms with E-state index in [-0.39, 0.29) is 11.9 Å². The number of hydrogen-bond donors (Lipinski definition) is 0. The lowest BCUT2D eigenvalue weighted by Crippen LogP contribution is -2.27. The molecular formula is C19H16N2O3S. The van der Waals surface area contributed by atoms with E-state index < -0.39 is 0 Å². The maximum absolute atomic E-state index is 13.2. The molecule has 1 amide bonds. The average Bonchev–Trinajstić information content (AvgIpc) is 3.41. The summed E-state index contributed by atoms with van der Waals surface area (Å²) in [5, 5.41) is 8.13. The number of amides is 1. The molecule has 25 heavy (non-hydrogen) atoms. The van der Waals surface area contributed by atoms with Gasteiger partial charge in [0.25, 0.3) is 5.91 Å². The number of carbonyl (C=O) groups is 1. The molecule has 1 aliphatic rings. The van der Waals surface area contributed by atoms with Crippen molar-refractivity contribution in [3.63, 3.8) is 0 Å². The molecule has 1 atom stereocenters. The molecule has 0 N–H and O–H groups in total. The maximum Gasteiger partial charge on any atom is 0.278 e. The van der Waals surface area contributed by atoms with Crippen molar-refractivity contribution in [1.82, 2.24) is 5.01 Å². The summed E-state index contributed by atoms with van der Waals surface area (Å²) in [4.78, 5) is 14.3. The van der Waals surface area contributed by atoms with Gasteiger partial charge in [0.1, 0.15) is 17.2 Å². The number of nitrogens with zero attached hydrogens (tertiary/aromatic N) is 2. The SMILES string of the molecule is COc1ccccc1C(=O)N1N=C(c2ccco2)CC1c1cccs1. The first-order valence-electron chi connectivity index (χ1n) is 7.89. The zero-order valence-corrected chi connectivity index (χ0v) is 14.4. The Kier molecular flexibility index (Phi) is 4.11. The molecule has 5 nitrogen and oxygen atoms in total. The van der Waals surface area contributed by atoms with Crippen LogP contribution in [-0.4, -0.2) is 23.7 Å². The number of rotatable bonds is 4. The first-order valence-corrected chi connectivity index (χ1v) is 8.77. The van der Waals surface area contributed by atoms with Gasteiger partial charge in [0.2, 0.25) is 0 Å². The molecule has 0 aliphatic carbocycles. The van der Waals surface area contributed by atoms with Crippen LogP contribution in [0.4, 0.5) is 0 Å². The van der Waals surface area contributed by atoms with Gasteiger partial charge in [-0.05, 0) is 35.7 Å². The largest absolute Gasteiger partial charge is 0.496 e. The smallest absolute Gasteiger partial charge is 0.278 e. The van der Waals surface area contributed by atoms with E-state index in [1.807, 2.05) is 41.8 Å². The van der Waals surface area contributed by atoms with Gasteiger partial charge in [-0.15, -0.1) is 11.3 Å². The topological polar surface area (TPSA) is 55.0 Å². The lowest BCUT2D eigenvalue weighted by molar-refractivity contribution is 0.0710. The van der Waals surface area contributed by atoms with Crippen LogP contribution in [0.1, 0.15) is 33.5 Å². The van der Waals surface area contributed by atoms with Gasteiger partial charge in [0.05, 0.1) is 25.0 Å². The van der Waals surface area contributed by atoms with Crippen LogP contribution in [0.25, 0.3) is 0 Å². The molecule has 0 radical (unpaired) electrons. The van der Waals surface area contributed by atoms with Crippen LogP contribution in [0.2, 0.25) is 0 Å². The predicted octanol–water partition coefficient (Wildman–Crippen LogP) is 4.34. The first-order chi connectivity index (χ1) is 12.3. The van der Waals surface area contributed by atoms with Gasteiger partial charge in [-0.2, -0.15) is 5.10 Å². The summed E-state index contributed by atoms with van der Waals surface area (Å²) in [7, 11) is 1.56. The number of methoxy groups -OCH3 is 1. The number of para-hydroxylation sites is 1. The molecule has 0 spiro atoms. The van der Waals surface area contributed by atoms with E-state index in [4.69, 9.17) is 9.15 Å². The Labute approximate surface area is 149 Å². The van der Waals surface area contributed by atoms with Gasteiger partial charge in [-0.25, -0.2) is 5.01 Å². The van der Waals surface area contributed by atoms with E-state index in [1.165, 1.54) is 0 Å². The molecule has 2 aromatic heterocycles. The number of furan rings is 1. The zero-order valence-electron chi connectivity index (χ0n) is 13.6. The highest BCUT2D eigenvalue weighted by molar-refractivity contribution is 7.10. The van der Waals surface area contributed by atoms with Crippen LogP contribution in [0.3, 0.4) is 0 Å². The first kappa shape index (κ1) is 15.7. The quantitative estimate of drug-likeness (QED) is 0.702. The van der Waals surface area contributed by atoms with Crippen LogP contribution in [0.15, 0.2) is 69.7 Å². The fraction of sp³-hybridized carbons (Fsp3) is 0.158. The Bertz CT molecular complexity index is 901. The van der Waals surface area contributed by atoms with E-state index in [1.54, 1.807) is 41.9 Å². The van der Waals surface area contributed by atoms with Gasteiger partial charge in [0, 0.05) is 11.3 Å². The monoisotopic (exact) mass is 352 g/mol. The molecule has 126 valence electrons. The summed E-state index contributed by atoms with van der Waals surface area (Å²) in [6, 6.07) is 14.8. The molecule has 0 saturated carbocycles. The van der Waals surface area contributed by atoms with E-state index in [0.717, 1.165) is 10.6 Å². The van der Waals surface area contributed by atoms with Crippen molar-refractivity contribution in [2.75, 3.05) is 7.11 Å². The van der Waals surface area contributed by atoms with E-state index in [9.17, 15) is 4.79 Å². The number of hydrogen-bond acceptors (Lipinski definition) is 5. The summed E-state index contributed by atoms with van der Waals surface area (Å²) < 4.78 is 10.8. The van der Waals surface area contributed by atoms with Crippen LogP contribution < -0.4 is 4.74 Å². The Balaban J connectivity index is 1.74. The average molecular weight is 352 g/mol. The molecule has 0 bridgehead atoms. The molecule has 0 fully saturated rings. The summed E-state index contributed by atoms with van der Waals surface area (Å²) in [6.45, 7) is 0. The highest BCUT2D eigenvalue weighted by Gasteiger charge is 2.35. The molecule has 3 heterocycles. The van der Waals surface area contributed by atoms with Gasteiger partial charge in [0.15, 0.2) is 0 Å². The number of carbonyl (C=O) groups excluding carboxylic acids is 1. The summed E-state index contributed by atoms with van der Waals surface area (Å²) in [5.74, 6) is 1.05. The summed E-state index contributed by atoms with van der Waals surface area (Å²) in [5.41, 5.74) is 1.27. The molecule has 3 aromatic rings. The highest BCUT2D eigenvalue weighted by atomic mass is 32.1. The Morgan fingerprint density at radius 1 is 1.24 bits per heavy atom. The fourth-order valence-corrected chi connectivity index (χ4v) is 3.75. The zero-order chi connectivity index (χ0) is 17.2. The van der Waals surface area contributed by atoms with Gasteiger partial charge in [-0.3, -0.25) is 4.79 Å². The minimum Gasteiger partial charge on any atom is -0.496 e. The standard InChI is InChI=1S/C19H16N2O3S/c1-23-16-7-3-2-6-13(16)19(22)21-15(18-9-5-11-25-18)12-14(20-21)17-8-4-10-24-17/h2-11,15H,12H2,1H3. The maximum atomic E-state index is 13.2. The van der Waals surface area contributed by atoms with Crippen LogP contribution in [-0.2, 0) is 0 Å². The predicted molar refractivity (Wildman–Crippen MR) is 96.1 cm³/mol. The number of ether oxygens (including phenoxy) is 1. The molecular weight excluding hydrogens is 336 g/mol. The van der Waals surface area contributed by atoms with E-state index >= 15 is 0 Å².